The van der Waals surface area contributed by atoms with Crippen LogP contribution in [-0.4, -0.2) is 34.1 Å². The minimum absolute atomic E-state index is 0.233. The Labute approximate surface area is 142 Å². The lowest BCUT2D eigenvalue weighted by Crippen LogP contribution is -2.39. The molecule has 24 heavy (non-hydrogen) atoms. The van der Waals surface area contributed by atoms with Crippen molar-refractivity contribution in [3.05, 3.63) is 41.6 Å². The van der Waals surface area contributed by atoms with Crippen molar-refractivity contribution in [1.29, 1.82) is 0 Å². The average molecular weight is 327 g/mol. The van der Waals surface area contributed by atoms with Crippen molar-refractivity contribution in [2.45, 2.75) is 50.9 Å². The van der Waals surface area contributed by atoms with Gasteiger partial charge in [-0.15, -0.1) is 0 Å². The maximum atomic E-state index is 12.6. The highest BCUT2D eigenvalue weighted by Gasteiger charge is 2.36. The number of aromatic nitrogens is 2. The summed E-state index contributed by atoms with van der Waals surface area (Å²) < 4.78 is 5.91. The van der Waals surface area contributed by atoms with E-state index in [1.165, 1.54) is 6.42 Å². The molecule has 2 fully saturated rings. The van der Waals surface area contributed by atoms with Gasteiger partial charge in [0.1, 0.15) is 11.5 Å². The van der Waals surface area contributed by atoms with E-state index in [9.17, 15) is 4.79 Å². The van der Waals surface area contributed by atoms with Gasteiger partial charge in [-0.05, 0) is 43.4 Å². The van der Waals surface area contributed by atoms with Gasteiger partial charge in [0.25, 0.3) is 0 Å². The van der Waals surface area contributed by atoms with E-state index in [0.29, 0.717) is 24.7 Å². The van der Waals surface area contributed by atoms with Crippen molar-refractivity contribution < 1.29 is 9.21 Å². The van der Waals surface area contributed by atoms with Gasteiger partial charge in [-0.2, -0.15) is 5.10 Å². The molecule has 0 spiro atoms. The Bertz CT molecular complexity index is 691. The second-order valence-electron chi connectivity index (χ2n) is 7.31. The third-order valence-corrected chi connectivity index (χ3v) is 5.48. The van der Waals surface area contributed by atoms with Gasteiger partial charge in [-0.1, -0.05) is 6.92 Å². The standard InChI is InChI=1S/C19H25N3O2/c1-13-11-16(13)18-6-4-15(24-18)5-7-19(23)22-10-2-3-14(12-22)17-8-9-20-21-17/h4,6,8-9,13-14,16H,2-3,5,7,10-12H2,1H3,(H,20,21)/t13-,14-,16+/m1/s1. The Morgan fingerprint density at radius 1 is 1.42 bits per heavy atom. The number of nitrogens with one attached hydrogen (secondary N) is 1. The van der Waals surface area contributed by atoms with Gasteiger partial charge in [0, 0.05) is 49.7 Å². The first kappa shape index (κ1) is 15.5. The number of aryl methyl sites for hydroxylation is 1. The van der Waals surface area contributed by atoms with Gasteiger partial charge in [0.2, 0.25) is 5.91 Å². The molecule has 1 saturated heterocycles. The summed E-state index contributed by atoms with van der Waals surface area (Å²) in [4.78, 5) is 14.6. The first-order valence-electron chi connectivity index (χ1n) is 9.06. The van der Waals surface area contributed by atoms with E-state index in [4.69, 9.17) is 4.42 Å². The zero-order valence-corrected chi connectivity index (χ0v) is 14.2. The van der Waals surface area contributed by atoms with E-state index in [0.717, 1.165) is 49.1 Å². The molecule has 1 saturated carbocycles. The summed E-state index contributed by atoms with van der Waals surface area (Å²) in [6.07, 6.45) is 6.42. The zero-order valence-electron chi connectivity index (χ0n) is 14.2. The molecule has 2 aromatic rings. The lowest BCUT2D eigenvalue weighted by Gasteiger charge is -2.32. The minimum atomic E-state index is 0.233. The van der Waals surface area contributed by atoms with Crippen LogP contribution in [0.1, 0.15) is 61.7 Å². The van der Waals surface area contributed by atoms with Gasteiger partial charge >= 0.3 is 0 Å². The number of hydrogen-bond acceptors (Lipinski definition) is 3. The highest BCUT2D eigenvalue weighted by Crippen LogP contribution is 2.47. The number of likely N-dealkylation sites (tertiary alicyclic amines) is 1. The first-order chi connectivity index (χ1) is 11.7. The van der Waals surface area contributed by atoms with E-state index in [2.05, 4.69) is 23.2 Å². The molecule has 4 rings (SSSR count). The lowest BCUT2D eigenvalue weighted by molar-refractivity contribution is -0.132. The quantitative estimate of drug-likeness (QED) is 0.914. The number of H-pyrrole nitrogens is 1. The fourth-order valence-electron chi connectivity index (χ4n) is 3.79. The van der Waals surface area contributed by atoms with Crippen molar-refractivity contribution in [2.75, 3.05) is 13.1 Å². The van der Waals surface area contributed by atoms with E-state index in [1.807, 2.05) is 17.0 Å². The Morgan fingerprint density at radius 2 is 2.29 bits per heavy atom. The topological polar surface area (TPSA) is 62.1 Å². The molecule has 3 atom stereocenters. The number of furan rings is 1. The van der Waals surface area contributed by atoms with Crippen LogP contribution in [0.4, 0.5) is 0 Å². The fraction of sp³-hybridized carbons (Fsp3) is 0.579. The largest absolute Gasteiger partial charge is 0.466 e. The molecule has 5 nitrogen and oxygen atoms in total. The monoisotopic (exact) mass is 327 g/mol. The molecule has 0 radical (unpaired) electrons. The summed E-state index contributed by atoms with van der Waals surface area (Å²) in [5.41, 5.74) is 1.14. The summed E-state index contributed by atoms with van der Waals surface area (Å²) in [6, 6.07) is 6.14. The van der Waals surface area contributed by atoms with Crippen LogP contribution in [0.15, 0.2) is 28.8 Å². The molecule has 2 aliphatic rings. The molecule has 128 valence electrons. The van der Waals surface area contributed by atoms with Crippen molar-refractivity contribution in [3.8, 4) is 0 Å². The maximum absolute atomic E-state index is 12.6. The molecule has 1 aliphatic heterocycles. The van der Waals surface area contributed by atoms with Crippen LogP contribution in [0.3, 0.4) is 0 Å². The van der Waals surface area contributed by atoms with E-state index >= 15 is 0 Å². The van der Waals surface area contributed by atoms with Gasteiger partial charge in [0.05, 0.1) is 0 Å². The number of nitrogens with zero attached hydrogens (tertiary/aromatic N) is 2. The molecule has 0 bridgehead atoms. The highest BCUT2D eigenvalue weighted by molar-refractivity contribution is 5.76. The van der Waals surface area contributed by atoms with Crippen molar-refractivity contribution in [2.24, 2.45) is 5.92 Å². The molecule has 0 aromatic carbocycles. The highest BCUT2D eigenvalue weighted by atomic mass is 16.3. The second-order valence-corrected chi connectivity index (χ2v) is 7.31. The summed E-state index contributed by atoms with van der Waals surface area (Å²) in [6.45, 7) is 3.92. The molecule has 2 aromatic heterocycles. The number of amides is 1. The number of rotatable bonds is 5. The predicted molar refractivity (Wildman–Crippen MR) is 90.7 cm³/mol. The number of carbonyl (C=O) groups is 1. The number of carbonyl (C=O) groups excluding carboxylic acids is 1. The second kappa shape index (κ2) is 6.46. The minimum Gasteiger partial charge on any atom is -0.466 e. The van der Waals surface area contributed by atoms with Crippen molar-refractivity contribution >= 4 is 5.91 Å². The Balaban J connectivity index is 1.30. The molecular weight excluding hydrogens is 302 g/mol. The first-order valence-corrected chi connectivity index (χ1v) is 9.06. The Morgan fingerprint density at radius 3 is 3.04 bits per heavy atom. The molecule has 0 unspecified atom stereocenters. The van der Waals surface area contributed by atoms with Crippen LogP contribution in [0, 0.1) is 5.92 Å². The van der Waals surface area contributed by atoms with E-state index in [-0.39, 0.29) is 5.91 Å². The molecule has 1 N–H and O–H groups in total. The normalized spacial score (nSPS) is 26.5. The van der Waals surface area contributed by atoms with Crippen molar-refractivity contribution in [1.82, 2.24) is 15.1 Å². The van der Waals surface area contributed by atoms with Gasteiger partial charge in [-0.25, -0.2) is 0 Å². The SMILES string of the molecule is C[C@@H]1C[C@@H]1c1ccc(CCC(=O)N2CCC[C@@H](c3ccn[nH]3)C2)o1. The summed E-state index contributed by atoms with van der Waals surface area (Å²) in [5.74, 6) is 4.01. The number of piperidine rings is 1. The van der Waals surface area contributed by atoms with Gasteiger partial charge in [0.15, 0.2) is 0 Å². The third-order valence-electron chi connectivity index (χ3n) is 5.48. The van der Waals surface area contributed by atoms with Crippen LogP contribution in [-0.2, 0) is 11.2 Å². The smallest absolute Gasteiger partial charge is 0.223 e. The average Bonchev–Trinajstić information content (AvgIpc) is 3.04. The molecule has 1 aliphatic carbocycles. The van der Waals surface area contributed by atoms with Crippen LogP contribution < -0.4 is 0 Å². The van der Waals surface area contributed by atoms with Crippen molar-refractivity contribution in [3.63, 3.8) is 0 Å². The summed E-state index contributed by atoms with van der Waals surface area (Å²) in [7, 11) is 0. The Kier molecular flexibility index (Phi) is 4.17. The van der Waals surface area contributed by atoms with Crippen LogP contribution >= 0.6 is 0 Å². The van der Waals surface area contributed by atoms with E-state index < -0.39 is 0 Å². The molecular formula is C19H25N3O2. The third kappa shape index (κ3) is 3.25. The zero-order chi connectivity index (χ0) is 16.5. The van der Waals surface area contributed by atoms with Gasteiger partial charge in [-0.3, -0.25) is 9.89 Å². The van der Waals surface area contributed by atoms with Gasteiger partial charge < -0.3 is 9.32 Å². The van der Waals surface area contributed by atoms with Crippen LogP contribution in [0.2, 0.25) is 0 Å². The summed E-state index contributed by atoms with van der Waals surface area (Å²) >= 11 is 0. The fourth-order valence-corrected chi connectivity index (χ4v) is 3.79. The number of hydrogen-bond donors (Lipinski definition) is 1. The number of aromatic amines is 1. The van der Waals surface area contributed by atoms with Crippen LogP contribution in [0.25, 0.3) is 0 Å². The Hall–Kier alpha value is -2.04. The molecule has 5 heteroatoms. The lowest BCUT2D eigenvalue weighted by atomic mass is 9.94. The summed E-state index contributed by atoms with van der Waals surface area (Å²) in [5, 5.41) is 7.07. The van der Waals surface area contributed by atoms with Crippen LogP contribution in [0.5, 0.6) is 0 Å². The molecule has 1 amide bonds. The van der Waals surface area contributed by atoms with E-state index in [1.54, 1.807) is 6.20 Å². The predicted octanol–water partition coefficient (Wildman–Crippen LogP) is 3.46. The maximum Gasteiger partial charge on any atom is 0.223 e. The molecule has 3 heterocycles.